The highest BCUT2D eigenvalue weighted by Crippen LogP contribution is 2.20. The minimum atomic E-state index is -0.349. The first-order chi connectivity index (χ1) is 8.68. The van der Waals surface area contributed by atoms with Crippen LogP contribution < -0.4 is 0 Å². The van der Waals surface area contributed by atoms with Gasteiger partial charge in [-0.05, 0) is 23.0 Å². The van der Waals surface area contributed by atoms with E-state index in [0.717, 1.165) is 17.1 Å². The van der Waals surface area contributed by atoms with E-state index in [9.17, 15) is 4.79 Å². The van der Waals surface area contributed by atoms with Crippen LogP contribution in [0.25, 0.3) is 0 Å². The Kier molecular flexibility index (Phi) is 4.04. The normalized spacial score (nSPS) is 10.6. The van der Waals surface area contributed by atoms with E-state index in [0.29, 0.717) is 10.6 Å². The van der Waals surface area contributed by atoms with Gasteiger partial charge in [0.1, 0.15) is 6.61 Å². The number of ether oxygens (including phenoxy) is 1. The van der Waals surface area contributed by atoms with Crippen LogP contribution in [0.15, 0.2) is 30.3 Å². The minimum Gasteiger partial charge on any atom is -0.457 e. The Morgan fingerprint density at radius 1 is 1.33 bits per heavy atom. The predicted octanol–water partition coefficient (Wildman–Crippen LogP) is 3.02. The summed E-state index contributed by atoms with van der Waals surface area (Å²) in [5.41, 5.74) is 1.67. The maximum absolute atomic E-state index is 11.9. The van der Waals surface area contributed by atoms with Crippen LogP contribution in [-0.4, -0.2) is 15.6 Å². The lowest BCUT2D eigenvalue weighted by molar-refractivity contribution is 0.0476. The number of hydrogen-bond donors (Lipinski definition) is 0. The Bertz CT molecular complexity index is 523. The van der Waals surface area contributed by atoms with Crippen molar-refractivity contribution in [3.05, 3.63) is 46.5 Å². The first-order valence-corrected chi connectivity index (χ1v) is 6.49. The lowest BCUT2D eigenvalue weighted by Gasteiger charge is -2.05. The largest absolute Gasteiger partial charge is 0.457 e. The van der Waals surface area contributed by atoms with Crippen LogP contribution in [0.5, 0.6) is 0 Å². The van der Waals surface area contributed by atoms with Crippen LogP contribution >= 0.6 is 11.5 Å². The third kappa shape index (κ3) is 2.92. The summed E-state index contributed by atoms with van der Waals surface area (Å²) in [5.74, 6) is -0.180. The van der Waals surface area contributed by atoms with Crippen molar-refractivity contribution in [3.8, 4) is 0 Å². The molecule has 2 aromatic rings. The molecule has 94 valence electrons. The van der Waals surface area contributed by atoms with E-state index in [-0.39, 0.29) is 18.5 Å². The van der Waals surface area contributed by atoms with Crippen molar-refractivity contribution in [1.82, 2.24) is 9.59 Å². The van der Waals surface area contributed by atoms with Crippen LogP contribution in [0.2, 0.25) is 0 Å². The first kappa shape index (κ1) is 12.7. The second kappa shape index (κ2) is 5.73. The second-order valence-corrected chi connectivity index (χ2v) is 4.96. The zero-order chi connectivity index (χ0) is 13.0. The third-order valence-corrected chi connectivity index (χ3v) is 3.18. The van der Waals surface area contributed by atoms with E-state index >= 15 is 0 Å². The molecule has 0 saturated heterocycles. The van der Waals surface area contributed by atoms with Gasteiger partial charge in [-0.3, -0.25) is 0 Å². The molecular weight excluding hydrogens is 248 g/mol. The molecule has 0 saturated carbocycles. The summed E-state index contributed by atoms with van der Waals surface area (Å²) in [7, 11) is 0. The topological polar surface area (TPSA) is 52.1 Å². The molecule has 0 atom stereocenters. The maximum atomic E-state index is 11.9. The number of hydrogen-bond acceptors (Lipinski definition) is 5. The highest BCUT2D eigenvalue weighted by atomic mass is 32.1. The van der Waals surface area contributed by atoms with Crippen molar-refractivity contribution >= 4 is 17.5 Å². The van der Waals surface area contributed by atoms with Gasteiger partial charge >= 0.3 is 5.97 Å². The van der Waals surface area contributed by atoms with Gasteiger partial charge in [0.25, 0.3) is 0 Å². The van der Waals surface area contributed by atoms with Crippen molar-refractivity contribution < 1.29 is 9.53 Å². The molecule has 4 nitrogen and oxygen atoms in total. The molecule has 0 fully saturated rings. The standard InChI is InChI=1S/C13H14N2O2S/c1-9(2)11-12(18-15-14-11)13(16)17-8-10-6-4-3-5-7-10/h3-7,9H,8H2,1-2H3. The summed E-state index contributed by atoms with van der Waals surface area (Å²) in [5, 5.41) is 3.96. The zero-order valence-corrected chi connectivity index (χ0v) is 11.1. The molecule has 0 bridgehead atoms. The van der Waals surface area contributed by atoms with Crippen LogP contribution in [-0.2, 0) is 11.3 Å². The molecule has 1 aromatic carbocycles. The SMILES string of the molecule is CC(C)c1nnsc1C(=O)OCc1ccccc1. The Balaban J connectivity index is 2.02. The number of nitrogens with zero attached hydrogens (tertiary/aromatic N) is 2. The van der Waals surface area contributed by atoms with Crippen molar-refractivity contribution in [1.29, 1.82) is 0 Å². The fourth-order valence-electron chi connectivity index (χ4n) is 1.51. The van der Waals surface area contributed by atoms with E-state index in [1.165, 1.54) is 0 Å². The van der Waals surface area contributed by atoms with Gasteiger partial charge in [-0.1, -0.05) is 48.7 Å². The summed E-state index contributed by atoms with van der Waals surface area (Å²) < 4.78 is 9.07. The lowest BCUT2D eigenvalue weighted by Crippen LogP contribution is -2.07. The lowest BCUT2D eigenvalue weighted by atomic mass is 10.1. The molecule has 1 aromatic heterocycles. The van der Waals surface area contributed by atoms with E-state index in [4.69, 9.17) is 4.74 Å². The molecule has 18 heavy (non-hydrogen) atoms. The number of rotatable bonds is 4. The molecule has 0 aliphatic heterocycles. The van der Waals surface area contributed by atoms with Crippen LogP contribution in [0.3, 0.4) is 0 Å². The van der Waals surface area contributed by atoms with Gasteiger partial charge in [0.2, 0.25) is 0 Å². The highest BCUT2D eigenvalue weighted by molar-refractivity contribution is 7.07. The molecule has 0 spiro atoms. The van der Waals surface area contributed by atoms with E-state index in [1.807, 2.05) is 44.2 Å². The molecule has 0 aliphatic rings. The Labute approximate surface area is 110 Å². The van der Waals surface area contributed by atoms with Gasteiger partial charge in [0, 0.05) is 0 Å². The van der Waals surface area contributed by atoms with Crippen molar-refractivity contribution in [2.24, 2.45) is 0 Å². The van der Waals surface area contributed by atoms with Crippen molar-refractivity contribution in [3.63, 3.8) is 0 Å². The molecule has 0 radical (unpaired) electrons. The number of aromatic nitrogens is 2. The smallest absolute Gasteiger partial charge is 0.352 e. The molecule has 0 unspecified atom stereocenters. The predicted molar refractivity (Wildman–Crippen MR) is 69.6 cm³/mol. The molecule has 1 heterocycles. The number of carbonyl (C=O) groups is 1. The molecule has 2 rings (SSSR count). The van der Waals surface area contributed by atoms with Gasteiger partial charge in [-0.15, -0.1) is 5.10 Å². The van der Waals surface area contributed by atoms with Crippen LogP contribution in [0.1, 0.15) is 40.7 Å². The quantitative estimate of drug-likeness (QED) is 0.795. The fourth-order valence-corrected chi connectivity index (χ4v) is 2.22. The number of benzene rings is 1. The highest BCUT2D eigenvalue weighted by Gasteiger charge is 2.19. The maximum Gasteiger partial charge on any atom is 0.352 e. The molecular formula is C13H14N2O2S. The summed E-state index contributed by atoms with van der Waals surface area (Å²) in [6.45, 7) is 4.23. The number of esters is 1. The second-order valence-electron chi connectivity index (χ2n) is 4.20. The van der Waals surface area contributed by atoms with Gasteiger partial charge in [0.05, 0.1) is 5.69 Å². The Hall–Kier alpha value is -1.75. The summed E-state index contributed by atoms with van der Waals surface area (Å²) in [6, 6.07) is 9.59. The minimum absolute atomic E-state index is 0.169. The van der Waals surface area contributed by atoms with Gasteiger partial charge in [-0.25, -0.2) is 4.79 Å². The van der Waals surface area contributed by atoms with E-state index < -0.39 is 0 Å². The van der Waals surface area contributed by atoms with Gasteiger partial charge in [0.15, 0.2) is 4.88 Å². The summed E-state index contributed by atoms with van der Waals surface area (Å²) in [4.78, 5) is 12.4. The average molecular weight is 262 g/mol. The first-order valence-electron chi connectivity index (χ1n) is 5.71. The van der Waals surface area contributed by atoms with E-state index in [1.54, 1.807) is 0 Å². The van der Waals surface area contributed by atoms with Crippen molar-refractivity contribution in [2.75, 3.05) is 0 Å². The van der Waals surface area contributed by atoms with Crippen LogP contribution in [0.4, 0.5) is 0 Å². The summed E-state index contributed by atoms with van der Waals surface area (Å²) in [6.07, 6.45) is 0. The van der Waals surface area contributed by atoms with Gasteiger partial charge < -0.3 is 4.74 Å². The molecule has 0 amide bonds. The van der Waals surface area contributed by atoms with Crippen LogP contribution in [0, 0.1) is 0 Å². The average Bonchev–Trinajstić information content (AvgIpc) is 2.86. The Morgan fingerprint density at radius 2 is 2.06 bits per heavy atom. The molecule has 5 heteroatoms. The van der Waals surface area contributed by atoms with Crippen molar-refractivity contribution in [2.45, 2.75) is 26.4 Å². The molecule has 0 aliphatic carbocycles. The zero-order valence-electron chi connectivity index (χ0n) is 10.3. The summed E-state index contributed by atoms with van der Waals surface area (Å²) >= 11 is 1.09. The fraction of sp³-hybridized carbons (Fsp3) is 0.308. The Morgan fingerprint density at radius 3 is 2.72 bits per heavy atom. The number of carbonyl (C=O) groups excluding carboxylic acids is 1. The monoisotopic (exact) mass is 262 g/mol. The van der Waals surface area contributed by atoms with Gasteiger partial charge in [-0.2, -0.15) is 0 Å². The molecule has 0 N–H and O–H groups in total. The van der Waals surface area contributed by atoms with E-state index in [2.05, 4.69) is 9.59 Å². The third-order valence-electron chi connectivity index (χ3n) is 2.46.